The van der Waals surface area contributed by atoms with Crippen molar-refractivity contribution in [2.45, 2.75) is 20.0 Å². The Hall–Kier alpha value is -1.72. The summed E-state index contributed by atoms with van der Waals surface area (Å²) in [7, 11) is 3.34. The Morgan fingerprint density at radius 2 is 1.70 bits per heavy atom. The molecule has 0 radical (unpaired) electrons. The maximum absolute atomic E-state index is 5.77. The summed E-state index contributed by atoms with van der Waals surface area (Å²) < 4.78 is 17.5. The second-order valence-electron chi connectivity index (χ2n) is 4.91. The van der Waals surface area contributed by atoms with Gasteiger partial charge in [0.2, 0.25) is 0 Å². The number of halogens is 1. The maximum Gasteiger partial charge on any atom is 0.166 e. The quantitative estimate of drug-likeness (QED) is 0.747. The highest BCUT2D eigenvalue weighted by Gasteiger charge is 2.14. The average Bonchev–Trinajstić information content (AvgIpc) is 2.58. The van der Waals surface area contributed by atoms with Crippen LogP contribution in [-0.2, 0) is 13.1 Å². The van der Waals surface area contributed by atoms with Gasteiger partial charge in [0.15, 0.2) is 11.5 Å². The highest BCUT2D eigenvalue weighted by Crippen LogP contribution is 2.36. The molecule has 0 bridgehead atoms. The predicted molar refractivity (Wildman–Crippen MR) is 95.4 cm³/mol. The van der Waals surface area contributed by atoms with E-state index in [1.165, 1.54) is 0 Å². The molecule has 0 atom stereocenters. The van der Waals surface area contributed by atoms with Crippen LogP contribution < -0.4 is 19.5 Å². The fraction of sp³-hybridized carbons (Fsp3) is 0.333. The van der Waals surface area contributed by atoms with Gasteiger partial charge >= 0.3 is 0 Å². The number of benzene rings is 2. The first-order valence-corrected chi connectivity index (χ1v) is 8.31. The molecule has 1 N–H and O–H groups in total. The third-order valence-corrected chi connectivity index (χ3v) is 4.23. The minimum atomic E-state index is 0.590. The second-order valence-corrected chi connectivity index (χ2v) is 5.76. The number of methoxy groups -OCH3 is 2. The van der Waals surface area contributed by atoms with Gasteiger partial charge in [-0.1, -0.05) is 34.1 Å². The molecule has 0 saturated heterocycles. The Morgan fingerprint density at radius 1 is 0.957 bits per heavy atom. The molecular weight excluding hydrogens is 358 g/mol. The Labute approximate surface area is 145 Å². The molecule has 2 aromatic carbocycles. The summed E-state index contributed by atoms with van der Waals surface area (Å²) in [4.78, 5) is 0. The lowest BCUT2D eigenvalue weighted by atomic mass is 10.1. The summed E-state index contributed by atoms with van der Waals surface area (Å²) in [5.41, 5.74) is 2.16. The summed E-state index contributed by atoms with van der Waals surface area (Å²) in [6.45, 7) is 3.92. The Morgan fingerprint density at radius 3 is 2.39 bits per heavy atom. The molecule has 124 valence electrons. The molecule has 2 aromatic rings. The zero-order valence-corrected chi connectivity index (χ0v) is 15.3. The van der Waals surface area contributed by atoms with E-state index in [1.54, 1.807) is 14.2 Å². The summed E-state index contributed by atoms with van der Waals surface area (Å²) in [5, 5.41) is 3.44. The van der Waals surface area contributed by atoms with Crippen LogP contribution in [0.15, 0.2) is 40.9 Å². The van der Waals surface area contributed by atoms with E-state index < -0.39 is 0 Å². The van der Waals surface area contributed by atoms with Crippen LogP contribution in [0.5, 0.6) is 17.2 Å². The van der Waals surface area contributed by atoms with Gasteiger partial charge in [-0.3, -0.25) is 0 Å². The van der Waals surface area contributed by atoms with Crippen molar-refractivity contribution in [1.82, 2.24) is 5.32 Å². The van der Waals surface area contributed by atoms with Crippen LogP contribution in [-0.4, -0.2) is 20.8 Å². The SMILES string of the molecule is CCOc1c(OC)ccc(Br)c1CNCc1ccccc1OC. The molecule has 0 unspecified atom stereocenters. The van der Waals surface area contributed by atoms with Crippen molar-refractivity contribution < 1.29 is 14.2 Å². The van der Waals surface area contributed by atoms with Crippen LogP contribution in [0.3, 0.4) is 0 Å². The summed E-state index contributed by atoms with van der Waals surface area (Å²) in [6, 6.07) is 11.9. The first-order chi connectivity index (χ1) is 11.2. The van der Waals surface area contributed by atoms with E-state index >= 15 is 0 Å². The second kappa shape index (κ2) is 8.79. The number of para-hydroxylation sites is 1. The smallest absolute Gasteiger partial charge is 0.166 e. The monoisotopic (exact) mass is 379 g/mol. The highest BCUT2D eigenvalue weighted by molar-refractivity contribution is 9.10. The van der Waals surface area contributed by atoms with Crippen LogP contribution in [0, 0.1) is 0 Å². The van der Waals surface area contributed by atoms with Gasteiger partial charge < -0.3 is 19.5 Å². The van der Waals surface area contributed by atoms with E-state index in [0.717, 1.165) is 32.8 Å². The van der Waals surface area contributed by atoms with E-state index in [9.17, 15) is 0 Å². The van der Waals surface area contributed by atoms with Crippen LogP contribution >= 0.6 is 15.9 Å². The topological polar surface area (TPSA) is 39.7 Å². The van der Waals surface area contributed by atoms with Crippen LogP contribution in [0.2, 0.25) is 0 Å². The molecule has 0 fully saturated rings. The lowest BCUT2D eigenvalue weighted by Crippen LogP contribution is -2.15. The van der Waals surface area contributed by atoms with Crippen LogP contribution in [0.1, 0.15) is 18.1 Å². The third-order valence-electron chi connectivity index (χ3n) is 3.49. The van der Waals surface area contributed by atoms with Gasteiger partial charge in [-0.2, -0.15) is 0 Å². The van der Waals surface area contributed by atoms with E-state index in [-0.39, 0.29) is 0 Å². The van der Waals surface area contributed by atoms with E-state index in [2.05, 4.69) is 27.3 Å². The Kier molecular flexibility index (Phi) is 6.74. The number of rotatable bonds is 8. The fourth-order valence-corrected chi connectivity index (χ4v) is 2.83. The minimum Gasteiger partial charge on any atom is -0.496 e. The molecule has 0 aliphatic rings. The van der Waals surface area contributed by atoms with Gasteiger partial charge in [-0.15, -0.1) is 0 Å². The number of nitrogens with one attached hydrogen (secondary N) is 1. The molecule has 0 aliphatic heterocycles. The lowest BCUT2D eigenvalue weighted by molar-refractivity contribution is 0.306. The van der Waals surface area contributed by atoms with E-state index in [1.807, 2.05) is 37.3 Å². The largest absolute Gasteiger partial charge is 0.496 e. The summed E-state index contributed by atoms with van der Waals surface area (Å²) >= 11 is 3.59. The lowest BCUT2D eigenvalue weighted by Gasteiger charge is -2.16. The summed E-state index contributed by atoms with van der Waals surface area (Å²) in [5.74, 6) is 2.40. The maximum atomic E-state index is 5.77. The molecule has 2 rings (SSSR count). The Balaban J connectivity index is 2.13. The number of hydrogen-bond acceptors (Lipinski definition) is 4. The standard InChI is InChI=1S/C18H22BrNO3/c1-4-23-18-14(15(19)9-10-17(18)22-3)12-20-11-13-7-5-6-8-16(13)21-2/h5-10,20H,4,11-12H2,1-3H3. The van der Waals surface area contributed by atoms with Gasteiger partial charge in [-0.25, -0.2) is 0 Å². The van der Waals surface area contributed by atoms with Crippen molar-refractivity contribution in [2.24, 2.45) is 0 Å². The number of hydrogen-bond donors (Lipinski definition) is 1. The number of ether oxygens (including phenoxy) is 3. The average molecular weight is 380 g/mol. The normalized spacial score (nSPS) is 10.4. The zero-order chi connectivity index (χ0) is 16.7. The van der Waals surface area contributed by atoms with Crippen molar-refractivity contribution in [3.05, 3.63) is 52.0 Å². The van der Waals surface area contributed by atoms with E-state index in [0.29, 0.717) is 19.7 Å². The molecule has 5 heteroatoms. The molecule has 23 heavy (non-hydrogen) atoms. The molecule has 0 aromatic heterocycles. The molecule has 0 saturated carbocycles. The molecule has 0 amide bonds. The van der Waals surface area contributed by atoms with Crippen LogP contribution in [0.25, 0.3) is 0 Å². The van der Waals surface area contributed by atoms with Gasteiger partial charge in [0.05, 0.1) is 20.8 Å². The van der Waals surface area contributed by atoms with E-state index in [4.69, 9.17) is 14.2 Å². The summed E-state index contributed by atoms with van der Waals surface area (Å²) in [6.07, 6.45) is 0. The van der Waals surface area contributed by atoms with Gasteiger partial charge in [0.1, 0.15) is 5.75 Å². The minimum absolute atomic E-state index is 0.590. The van der Waals surface area contributed by atoms with Crippen molar-refractivity contribution in [3.63, 3.8) is 0 Å². The van der Waals surface area contributed by atoms with Crippen molar-refractivity contribution in [3.8, 4) is 17.2 Å². The molecular formula is C18H22BrNO3. The predicted octanol–water partition coefficient (Wildman–Crippen LogP) is 4.15. The molecule has 4 nitrogen and oxygen atoms in total. The van der Waals surface area contributed by atoms with Crippen molar-refractivity contribution in [1.29, 1.82) is 0 Å². The van der Waals surface area contributed by atoms with Crippen molar-refractivity contribution in [2.75, 3.05) is 20.8 Å². The van der Waals surface area contributed by atoms with Gasteiger partial charge in [0, 0.05) is 28.7 Å². The van der Waals surface area contributed by atoms with Gasteiger partial charge in [0.25, 0.3) is 0 Å². The zero-order valence-electron chi connectivity index (χ0n) is 13.7. The molecule has 0 aliphatic carbocycles. The van der Waals surface area contributed by atoms with Gasteiger partial charge in [-0.05, 0) is 25.1 Å². The first kappa shape index (κ1) is 17.6. The fourth-order valence-electron chi connectivity index (χ4n) is 2.38. The first-order valence-electron chi connectivity index (χ1n) is 7.52. The third kappa shape index (κ3) is 4.39. The molecule has 0 spiro atoms. The van der Waals surface area contributed by atoms with Crippen molar-refractivity contribution >= 4 is 15.9 Å². The van der Waals surface area contributed by atoms with Crippen LogP contribution in [0.4, 0.5) is 0 Å². The highest BCUT2D eigenvalue weighted by atomic mass is 79.9. The molecule has 0 heterocycles. The Bertz CT molecular complexity index is 646.